The standard InChI is InChI=1S/C34H35N5O4/c1-36-26-12-14-28(30(18-26)33(41)37-25-10-7-22(19-35)8-11-25)29-13-9-24(17-31(29)34(42)43)32(40)38-27-15-16-39(21-27)20-23-5-3-2-4-6-23/h2-14,17-18,27,36H,15-16,19-21,35H2,1H3,(H,37,41)(H,38,40)(H,42,43). The van der Waals surface area contributed by atoms with Crippen LogP contribution in [0.5, 0.6) is 0 Å². The van der Waals surface area contributed by atoms with Crippen molar-refractivity contribution in [2.45, 2.75) is 25.6 Å². The summed E-state index contributed by atoms with van der Waals surface area (Å²) in [5.41, 5.74) is 10.4. The molecule has 1 heterocycles. The SMILES string of the molecule is CNc1ccc(-c2ccc(C(=O)NC3CCN(Cc4ccccc4)C3)cc2C(=O)O)c(C(=O)Nc2ccc(CN)cc2)c1. The molecule has 2 amide bonds. The first-order valence-electron chi connectivity index (χ1n) is 14.2. The molecule has 4 aromatic rings. The fraction of sp³-hybridized carbons (Fsp3) is 0.206. The van der Waals surface area contributed by atoms with Crippen molar-refractivity contribution >= 4 is 29.2 Å². The number of benzene rings is 4. The highest BCUT2D eigenvalue weighted by Gasteiger charge is 2.26. The molecule has 220 valence electrons. The lowest BCUT2D eigenvalue weighted by molar-refractivity contribution is 0.0697. The molecule has 0 aliphatic carbocycles. The van der Waals surface area contributed by atoms with Gasteiger partial charge in [-0.3, -0.25) is 14.5 Å². The van der Waals surface area contributed by atoms with Crippen LogP contribution in [0, 0.1) is 0 Å². The van der Waals surface area contributed by atoms with Crippen molar-refractivity contribution in [1.29, 1.82) is 0 Å². The number of likely N-dealkylation sites (tertiary alicyclic amines) is 1. The van der Waals surface area contributed by atoms with Crippen LogP contribution in [-0.2, 0) is 13.1 Å². The maximum atomic E-state index is 13.4. The summed E-state index contributed by atoms with van der Waals surface area (Å²) in [7, 11) is 1.74. The molecule has 1 atom stereocenters. The first-order chi connectivity index (χ1) is 20.8. The number of hydrogen-bond acceptors (Lipinski definition) is 6. The Morgan fingerprint density at radius 3 is 2.23 bits per heavy atom. The fourth-order valence-corrected chi connectivity index (χ4v) is 5.35. The van der Waals surface area contributed by atoms with E-state index in [-0.39, 0.29) is 23.1 Å². The second-order valence-electron chi connectivity index (χ2n) is 10.6. The van der Waals surface area contributed by atoms with E-state index in [1.54, 1.807) is 49.5 Å². The molecule has 5 rings (SSSR count). The van der Waals surface area contributed by atoms with Crippen molar-refractivity contribution in [2.24, 2.45) is 5.73 Å². The van der Waals surface area contributed by atoms with E-state index in [1.807, 2.05) is 30.3 Å². The lowest BCUT2D eigenvalue weighted by Gasteiger charge is -2.18. The zero-order valence-corrected chi connectivity index (χ0v) is 24.0. The maximum Gasteiger partial charge on any atom is 0.336 e. The van der Waals surface area contributed by atoms with E-state index in [4.69, 9.17) is 5.73 Å². The molecular weight excluding hydrogens is 542 g/mol. The summed E-state index contributed by atoms with van der Waals surface area (Å²) in [5.74, 6) is -1.92. The summed E-state index contributed by atoms with van der Waals surface area (Å²) in [6.07, 6.45) is 0.813. The van der Waals surface area contributed by atoms with Gasteiger partial charge in [-0.25, -0.2) is 4.79 Å². The Balaban J connectivity index is 1.36. The van der Waals surface area contributed by atoms with E-state index < -0.39 is 11.9 Å². The number of anilines is 2. The largest absolute Gasteiger partial charge is 0.478 e. The summed E-state index contributed by atoms with van der Waals surface area (Å²) in [5, 5.41) is 19.1. The number of nitrogens with two attached hydrogens (primary N) is 1. The van der Waals surface area contributed by atoms with Crippen LogP contribution in [0.4, 0.5) is 11.4 Å². The molecule has 4 aromatic carbocycles. The average Bonchev–Trinajstić information content (AvgIpc) is 3.47. The highest BCUT2D eigenvalue weighted by atomic mass is 16.4. The third-order valence-corrected chi connectivity index (χ3v) is 7.66. The lowest BCUT2D eigenvalue weighted by atomic mass is 9.92. The van der Waals surface area contributed by atoms with E-state index in [2.05, 4.69) is 33.0 Å². The number of carboxylic acids is 1. The van der Waals surface area contributed by atoms with Gasteiger partial charge in [0, 0.05) is 61.8 Å². The molecule has 1 saturated heterocycles. The molecule has 6 N–H and O–H groups in total. The van der Waals surface area contributed by atoms with Crippen molar-refractivity contribution in [3.05, 3.63) is 119 Å². The van der Waals surface area contributed by atoms with Crippen molar-refractivity contribution in [2.75, 3.05) is 30.8 Å². The minimum absolute atomic E-state index is 0.0347. The van der Waals surface area contributed by atoms with E-state index in [1.165, 1.54) is 11.6 Å². The molecule has 0 spiro atoms. The van der Waals surface area contributed by atoms with Crippen LogP contribution < -0.4 is 21.7 Å². The summed E-state index contributed by atoms with van der Waals surface area (Å²) >= 11 is 0. The zero-order valence-electron chi connectivity index (χ0n) is 24.0. The number of aromatic carboxylic acids is 1. The van der Waals surface area contributed by atoms with Gasteiger partial charge < -0.3 is 26.8 Å². The number of carbonyl (C=O) groups excluding carboxylic acids is 2. The predicted molar refractivity (Wildman–Crippen MR) is 168 cm³/mol. The van der Waals surface area contributed by atoms with Gasteiger partial charge in [0.05, 0.1) is 5.56 Å². The van der Waals surface area contributed by atoms with Crippen LogP contribution in [0.2, 0.25) is 0 Å². The Morgan fingerprint density at radius 2 is 1.53 bits per heavy atom. The van der Waals surface area contributed by atoms with Gasteiger partial charge in [0.1, 0.15) is 0 Å². The van der Waals surface area contributed by atoms with Gasteiger partial charge >= 0.3 is 5.97 Å². The second-order valence-corrected chi connectivity index (χ2v) is 10.6. The van der Waals surface area contributed by atoms with Crippen molar-refractivity contribution in [3.63, 3.8) is 0 Å². The molecule has 1 aliphatic rings. The number of nitrogens with zero attached hydrogens (tertiary/aromatic N) is 1. The predicted octanol–water partition coefficient (Wildman–Crippen LogP) is 4.81. The number of hydrogen-bond donors (Lipinski definition) is 5. The third kappa shape index (κ3) is 7.09. The number of nitrogens with one attached hydrogen (secondary N) is 3. The van der Waals surface area contributed by atoms with Gasteiger partial charge in [0.25, 0.3) is 11.8 Å². The number of rotatable bonds is 10. The first-order valence-corrected chi connectivity index (χ1v) is 14.2. The highest BCUT2D eigenvalue weighted by Crippen LogP contribution is 2.31. The van der Waals surface area contributed by atoms with Crippen LogP contribution in [0.15, 0.2) is 91.0 Å². The number of amides is 2. The number of carbonyl (C=O) groups is 3. The monoisotopic (exact) mass is 577 g/mol. The molecule has 1 aliphatic heterocycles. The molecule has 9 heteroatoms. The minimum Gasteiger partial charge on any atom is -0.478 e. The Morgan fingerprint density at radius 1 is 0.837 bits per heavy atom. The quantitative estimate of drug-likeness (QED) is 0.182. The molecule has 1 unspecified atom stereocenters. The normalized spacial score (nSPS) is 14.7. The molecule has 0 radical (unpaired) electrons. The molecule has 0 saturated carbocycles. The summed E-state index contributed by atoms with van der Waals surface area (Å²) in [6, 6.07) is 27.1. The van der Waals surface area contributed by atoms with Gasteiger partial charge in [-0.05, 0) is 65.1 Å². The third-order valence-electron chi connectivity index (χ3n) is 7.66. The van der Waals surface area contributed by atoms with Gasteiger partial charge in [-0.15, -0.1) is 0 Å². The van der Waals surface area contributed by atoms with Crippen LogP contribution in [0.25, 0.3) is 11.1 Å². The molecule has 0 aromatic heterocycles. The van der Waals surface area contributed by atoms with Gasteiger partial charge in [0.2, 0.25) is 0 Å². The smallest absolute Gasteiger partial charge is 0.336 e. The lowest BCUT2D eigenvalue weighted by Crippen LogP contribution is -2.37. The zero-order chi connectivity index (χ0) is 30.3. The van der Waals surface area contributed by atoms with E-state index in [0.717, 1.165) is 31.6 Å². The molecule has 0 bridgehead atoms. The molecule has 9 nitrogen and oxygen atoms in total. The van der Waals surface area contributed by atoms with Crippen LogP contribution in [-0.4, -0.2) is 54.0 Å². The fourth-order valence-electron chi connectivity index (χ4n) is 5.35. The van der Waals surface area contributed by atoms with Crippen LogP contribution >= 0.6 is 0 Å². The van der Waals surface area contributed by atoms with Gasteiger partial charge in [-0.2, -0.15) is 0 Å². The van der Waals surface area contributed by atoms with Crippen LogP contribution in [0.1, 0.15) is 48.6 Å². The molecule has 1 fully saturated rings. The highest BCUT2D eigenvalue weighted by molar-refractivity contribution is 6.11. The van der Waals surface area contributed by atoms with Crippen molar-refractivity contribution < 1.29 is 19.5 Å². The van der Waals surface area contributed by atoms with E-state index >= 15 is 0 Å². The maximum absolute atomic E-state index is 13.4. The van der Waals surface area contributed by atoms with Gasteiger partial charge in [-0.1, -0.05) is 54.6 Å². The Kier molecular flexibility index (Phi) is 9.14. The summed E-state index contributed by atoms with van der Waals surface area (Å²) < 4.78 is 0. The Hall–Kier alpha value is -4.99. The topological polar surface area (TPSA) is 137 Å². The molecular formula is C34H35N5O4. The second kappa shape index (κ2) is 13.3. The number of carboxylic acid groups (broad SMARTS) is 1. The Labute approximate surface area is 250 Å². The summed E-state index contributed by atoms with van der Waals surface area (Å²) in [4.78, 5) is 41.4. The minimum atomic E-state index is -1.19. The average molecular weight is 578 g/mol. The van der Waals surface area contributed by atoms with Crippen molar-refractivity contribution in [3.8, 4) is 11.1 Å². The molecule has 43 heavy (non-hydrogen) atoms. The van der Waals surface area contributed by atoms with Crippen molar-refractivity contribution in [1.82, 2.24) is 10.2 Å². The first kappa shape index (κ1) is 29.5. The van der Waals surface area contributed by atoms with E-state index in [0.29, 0.717) is 34.6 Å². The summed E-state index contributed by atoms with van der Waals surface area (Å²) in [6.45, 7) is 2.79. The van der Waals surface area contributed by atoms with Crippen LogP contribution in [0.3, 0.4) is 0 Å². The Bertz CT molecular complexity index is 1620. The van der Waals surface area contributed by atoms with Gasteiger partial charge in [0.15, 0.2) is 0 Å². The van der Waals surface area contributed by atoms with E-state index in [9.17, 15) is 19.5 Å².